The van der Waals surface area contributed by atoms with Gasteiger partial charge in [0.1, 0.15) is 0 Å². The molecule has 1 aromatic carbocycles. The smallest absolute Gasteiger partial charge is 0.0631 e. The summed E-state index contributed by atoms with van der Waals surface area (Å²) in [7, 11) is 0. The lowest BCUT2D eigenvalue weighted by molar-refractivity contribution is 1.32. The van der Waals surface area contributed by atoms with Crippen LogP contribution in [0.1, 0.15) is 5.56 Å². The molecule has 1 heterocycles. The van der Waals surface area contributed by atoms with Crippen LogP contribution < -0.4 is 5.73 Å². The number of hydrogen-bond donors (Lipinski definition) is 1. The van der Waals surface area contributed by atoms with Gasteiger partial charge >= 0.3 is 0 Å². The molecule has 0 bridgehead atoms. The topological polar surface area (TPSA) is 51.3 Å². The van der Waals surface area contributed by atoms with Gasteiger partial charge in [0.15, 0.2) is 0 Å². The fourth-order valence-corrected chi connectivity index (χ4v) is 1.16. The van der Waals surface area contributed by atoms with Crippen LogP contribution in [0.15, 0.2) is 53.8 Å². The summed E-state index contributed by atoms with van der Waals surface area (Å²) in [6, 6.07) is 11.2. The largest absolute Gasteiger partial charge is 0.399 e. The Morgan fingerprint density at radius 1 is 1.13 bits per heavy atom. The van der Waals surface area contributed by atoms with Crippen LogP contribution in [0.5, 0.6) is 0 Å². The van der Waals surface area contributed by atoms with Crippen molar-refractivity contribution < 1.29 is 0 Å². The minimum Gasteiger partial charge on any atom is -0.399 e. The maximum atomic E-state index is 5.57. The minimum absolute atomic E-state index is 0.746. The molecule has 0 aliphatic rings. The molecule has 0 amide bonds. The van der Waals surface area contributed by atoms with Crippen LogP contribution in [-0.2, 0) is 0 Å². The Labute approximate surface area is 88.3 Å². The maximum absolute atomic E-state index is 5.57. The van der Waals surface area contributed by atoms with Gasteiger partial charge in [-0.2, -0.15) is 0 Å². The van der Waals surface area contributed by atoms with E-state index in [1.807, 2.05) is 36.4 Å². The molecule has 0 unspecified atom stereocenters. The fourth-order valence-electron chi connectivity index (χ4n) is 1.16. The van der Waals surface area contributed by atoms with E-state index in [2.05, 4.69) is 9.98 Å². The summed E-state index contributed by atoms with van der Waals surface area (Å²) in [6.07, 6.45) is 5.28. The maximum Gasteiger partial charge on any atom is 0.0631 e. The Balaban J connectivity index is 2.15. The lowest BCUT2D eigenvalue weighted by atomic mass is 10.3. The molecule has 74 valence electrons. The van der Waals surface area contributed by atoms with Crippen LogP contribution >= 0.6 is 0 Å². The van der Waals surface area contributed by atoms with E-state index in [9.17, 15) is 0 Å². The Hall–Kier alpha value is -2.16. The van der Waals surface area contributed by atoms with Crippen molar-refractivity contribution >= 4 is 17.6 Å². The van der Waals surface area contributed by atoms with Gasteiger partial charge in [0.25, 0.3) is 0 Å². The van der Waals surface area contributed by atoms with Gasteiger partial charge < -0.3 is 5.73 Å². The van der Waals surface area contributed by atoms with Crippen molar-refractivity contribution in [2.45, 2.75) is 0 Å². The molecule has 0 aliphatic heterocycles. The molecule has 0 spiro atoms. The molecule has 15 heavy (non-hydrogen) atoms. The summed E-state index contributed by atoms with van der Waals surface area (Å²) in [5.74, 6) is 0. The number of rotatable bonds is 2. The lowest BCUT2D eigenvalue weighted by Crippen LogP contribution is -1.82. The Morgan fingerprint density at radius 3 is 2.60 bits per heavy atom. The third-order valence-corrected chi connectivity index (χ3v) is 1.94. The number of nitrogen functional groups attached to an aromatic ring is 1. The third kappa shape index (κ3) is 2.64. The predicted octanol–water partition coefficient (Wildman–Crippen LogP) is 2.41. The second kappa shape index (κ2) is 4.37. The first kappa shape index (κ1) is 9.40. The van der Waals surface area contributed by atoms with Crippen LogP contribution in [-0.4, -0.2) is 11.2 Å². The highest BCUT2D eigenvalue weighted by Crippen LogP contribution is 2.13. The van der Waals surface area contributed by atoms with Crippen molar-refractivity contribution in [3.05, 3.63) is 54.4 Å². The summed E-state index contributed by atoms with van der Waals surface area (Å²) in [5, 5.41) is 0. The van der Waals surface area contributed by atoms with Crippen molar-refractivity contribution in [2.75, 3.05) is 5.73 Å². The molecule has 3 heteroatoms. The van der Waals surface area contributed by atoms with Gasteiger partial charge in [-0.3, -0.25) is 9.98 Å². The zero-order valence-corrected chi connectivity index (χ0v) is 8.17. The normalized spacial score (nSPS) is 10.7. The van der Waals surface area contributed by atoms with Crippen molar-refractivity contribution in [2.24, 2.45) is 4.99 Å². The predicted molar refractivity (Wildman–Crippen MR) is 62.3 cm³/mol. The van der Waals surface area contributed by atoms with Crippen molar-refractivity contribution in [3.8, 4) is 0 Å². The molecule has 2 N–H and O–H groups in total. The summed E-state index contributed by atoms with van der Waals surface area (Å²) in [4.78, 5) is 8.30. The van der Waals surface area contributed by atoms with E-state index in [4.69, 9.17) is 5.73 Å². The van der Waals surface area contributed by atoms with Gasteiger partial charge in [-0.05, 0) is 30.3 Å². The first-order chi connectivity index (χ1) is 7.34. The minimum atomic E-state index is 0.746. The van der Waals surface area contributed by atoms with E-state index in [0.29, 0.717) is 0 Å². The monoisotopic (exact) mass is 197 g/mol. The van der Waals surface area contributed by atoms with Gasteiger partial charge in [-0.15, -0.1) is 0 Å². The number of nitrogens with zero attached hydrogens (tertiary/aromatic N) is 2. The Morgan fingerprint density at radius 2 is 1.93 bits per heavy atom. The van der Waals surface area contributed by atoms with Crippen LogP contribution in [0, 0.1) is 0 Å². The van der Waals surface area contributed by atoms with E-state index in [1.54, 1.807) is 18.6 Å². The Kier molecular flexibility index (Phi) is 2.74. The lowest BCUT2D eigenvalue weighted by Gasteiger charge is -1.94. The molecule has 1 aromatic heterocycles. The first-order valence-corrected chi connectivity index (χ1v) is 4.64. The average molecular weight is 197 g/mol. The standard InChI is InChI=1S/C12H11N3/c13-11-3-5-12(6-4-11)15-9-10-2-1-7-14-8-10/h1-9H,13H2. The Bertz CT molecular complexity index is 446. The van der Waals surface area contributed by atoms with Gasteiger partial charge in [0.2, 0.25) is 0 Å². The van der Waals surface area contributed by atoms with Gasteiger partial charge in [0.05, 0.1) is 5.69 Å². The molecule has 3 nitrogen and oxygen atoms in total. The third-order valence-electron chi connectivity index (χ3n) is 1.94. The summed E-state index contributed by atoms with van der Waals surface area (Å²) >= 11 is 0. The molecule has 0 atom stereocenters. The van der Waals surface area contributed by atoms with Crippen LogP contribution in [0.25, 0.3) is 0 Å². The highest BCUT2D eigenvalue weighted by Gasteiger charge is 1.88. The van der Waals surface area contributed by atoms with Gasteiger partial charge in [0, 0.05) is 29.9 Å². The fraction of sp³-hybridized carbons (Fsp3) is 0. The molecular formula is C12H11N3. The highest BCUT2D eigenvalue weighted by atomic mass is 14.7. The second-order valence-electron chi connectivity index (χ2n) is 3.14. The molecule has 0 saturated carbocycles. The second-order valence-corrected chi connectivity index (χ2v) is 3.14. The van der Waals surface area contributed by atoms with Gasteiger partial charge in [-0.25, -0.2) is 0 Å². The van der Waals surface area contributed by atoms with E-state index in [-0.39, 0.29) is 0 Å². The highest BCUT2D eigenvalue weighted by molar-refractivity contribution is 5.81. The molecule has 0 saturated heterocycles. The van der Waals surface area contributed by atoms with E-state index in [1.165, 1.54) is 0 Å². The number of hydrogen-bond acceptors (Lipinski definition) is 3. The molecule has 2 rings (SSSR count). The van der Waals surface area contributed by atoms with E-state index < -0.39 is 0 Å². The zero-order chi connectivity index (χ0) is 10.5. The SMILES string of the molecule is Nc1ccc(N=Cc2cccnc2)cc1. The number of anilines is 1. The van der Waals surface area contributed by atoms with Crippen molar-refractivity contribution in [1.29, 1.82) is 0 Å². The summed E-state index contributed by atoms with van der Waals surface area (Å²) in [5.41, 5.74) is 8.18. The van der Waals surface area contributed by atoms with Crippen LogP contribution in [0.4, 0.5) is 11.4 Å². The summed E-state index contributed by atoms with van der Waals surface area (Å²) < 4.78 is 0. The first-order valence-electron chi connectivity index (χ1n) is 4.64. The number of nitrogens with two attached hydrogens (primary N) is 1. The summed E-state index contributed by atoms with van der Waals surface area (Å²) in [6.45, 7) is 0. The molecule has 0 aliphatic carbocycles. The van der Waals surface area contributed by atoms with Crippen LogP contribution in [0.2, 0.25) is 0 Å². The van der Waals surface area contributed by atoms with Crippen molar-refractivity contribution in [1.82, 2.24) is 4.98 Å². The number of pyridine rings is 1. The quantitative estimate of drug-likeness (QED) is 0.593. The number of benzene rings is 1. The average Bonchev–Trinajstić information content (AvgIpc) is 2.30. The van der Waals surface area contributed by atoms with Crippen LogP contribution in [0.3, 0.4) is 0 Å². The molecular weight excluding hydrogens is 186 g/mol. The van der Waals surface area contributed by atoms with Gasteiger partial charge in [-0.1, -0.05) is 6.07 Å². The molecule has 0 radical (unpaired) electrons. The zero-order valence-electron chi connectivity index (χ0n) is 8.17. The molecule has 0 fully saturated rings. The number of aliphatic imine (C=N–C) groups is 1. The van der Waals surface area contributed by atoms with Crippen molar-refractivity contribution in [3.63, 3.8) is 0 Å². The van der Waals surface area contributed by atoms with E-state index >= 15 is 0 Å². The number of aromatic nitrogens is 1. The van der Waals surface area contributed by atoms with E-state index in [0.717, 1.165) is 16.9 Å². The molecule has 2 aromatic rings.